The number of rotatable bonds is 7. The highest BCUT2D eigenvalue weighted by atomic mass is 19.1. The van der Waals surface area contributed by atoms with Crippen LogP contribution in [0.2, 0.25) is 0 Å². The average molecular weight is 448 g/mol. The predicted octanol–water partition coefficient (Wildman–Crippen LogP) is 4.67. The number of carbonyl (C=O) groups is 1. The molecule has 1 aromatic heterocycles. The summed E-state index contributed by atoms with van der Waals surface area (Å²) >= 11 is 0. The Balaban J connectivity index is 1.64. The van der Waals surface area contributed by atoms with Crippen molar-refractivity contribution in [3.8, 4) is 11.5 Å². The first-order valence-electron chi connectivity index (χ1n) is 9.78. The molecule has 3 aromatic carbocycles. The molecule has 4 aromatic rings. The minimum atomic E-state index is -0.738. The molecule has 0 atom stereocenters. The first-order chi connectivity index (χ1) is 15.9. The number of aromatic amines is 1. The van der Waals surface area contributed by atoms with Crippen LogP contribution in [-0.2, 0) is 16.1 Å². The molecule has 0 fully saturated rings. The molecule has 0 bridgehead atoms. The number of carbonyl (C=O) groups excluding carboxylic acids is 1. The molecule has 0 aliphatic heterocycles. The van der Waals surface area contributed by atoms with Crippen molar-refractivity contribution in [1.82, 2.24) is 9.97 Å². The SMILES string of the molecule is N=C(N)c1cc(Oc2c(F)cc3[nH]cnc3c2/C=C/C(=O)OCc2ccccc2)ccc1F. The van der Waals surface area contributed by atoms with Crippen molar-refractivity contribution in [1.29, 1.82) is 5.41 Å². The van der Waals surface area contributed by atoms with Crippen molar-refractivity contribution in [2.24, 2.45) is 5.73 Å². The fourth-order valence-electron chi connectivity index (χ4n) is 3.14. The summed E-state index contributed by atoms with van der Waals surface area (Å²) < 4.78 is 39.7. The molecule has 0 saturated heterocycles. The molecule has 9 heteroatoms. The van der Waals surface area contributed by atoms with Crippen LogP contribution in [0.5, 0.6) is 11.5 Å². The number of nitrogens with two attached hydrogens (primary N) is 1. The van der Waals surface area contributed by atoms with E-state index in [2.05, 4.69) is 9.97 Å². The maximum atomic E-state index is 14.9. The van der Waals surface area contributed by atoms with Crippen LogP contribution in [0.3, 0.4) is 0 Å². The molecular weight excluding hydrogens is 430 g/mol. The molecule has 0 saturated carbocycles. The predicted molar refractivity (Wildman–Crippen MR) is 119 cm³/mol. The van der Waals surface area contributed by atoms with Gasteiger partial charge < -0.3 is 20.2 Å². The molecule has 7 nitrogen and oxygen atoms in total. The highest BCUT2D eigenvalue weighted by molar-refractivity contribution is 5.96. The summed E-state index contributed by atoms with van der Waals surface area (Å²) in [5.74, 6) is -2.77. The van der Waals surface area contributed by atoms with Gasteiger partial charge in [0.05, 0.1) is 22.9 Å². The minimum absolute atomic E-state index is 0.0525. The van der Waals surface area contributed by atoms with Crippen molar-refractivity contribution < 1.29 is 23.0 Å². The van der Waals surface area contributed by atoms with Crippen molar-refractivity contribution in [3.63, 3.8) is 0 Å². The number of imidazole rings is 1. The Bertz CT molecular complexity index is 1370. The van der Waals surface area contributed by atoms with Gasteiger partial charge in [0.2, 0.25) is 0 Å². The maximum Gasteiger partial charge on any atom is 0.331 e. The summed E-state index contributed by atoms with van der Waals surface area (Å²) in [4.78, 5) is 19.2. The molecule has 0 spiro atoms. The van der Waals surface area contributed by atoms with E-state index in [1.807, 2.05) is 30.3 Å². The number of ether oxygens (including phenoxy) is 2. The van der Waals surface area contributed by atoms with Crippen molar-refractivity contribution in [2.45, 2.75) is 6.61 Å². The number of amidine groups is 1. The summed E-state index contributed by atoms with van der Waals surface area (Å²) in [5.41, 5.74) is 6.94. The Labute approximate surface area is 187 Å². The van der Waals surface area contributed by atoms with Crippen LogP contribution >= 0.6 is 0 Å². The van der Waals surface area contributed by atoms with Gasteiger partial charge in [-0.3, -0.25) is 5.41 Å². The number of hydrogen-bond donors (Lipinski definition) is 3. The number of benzene rings is 3. The zero-order valence-corrected chi connectivity index (χ0v) is 17.1. The van der Waals surface area contributed by atoms with Gasteiger partial charge in [-0.25, -0.2) is 18.6 Å². The second kappa shape index (κ2) is 9.31. The number of halogens is 2. The standard InChI is InChI=1S/C24H18F2N4O3/c25-18-8-6-15(10-17(18)24(27)28)33-23-16(22-20(11-19(23)26)29-13-30-22)7-9-21(31)32-12-14-4-2-1-3-5-14/h1-11,13H,12H2,(H3,27,28)(H,29,30)/b9-7+. The topological polar surface area (TPSA) is 114 Å². The molecule has 0 aliphatic rings. The number of nitrogens with zero attached hydrogens (tertiary/aromatic N) is 1. The fraction of sp³-hybridized carbons (Fsp3) is 0.0417. The lowest BCUT2D eigenvalue weighted by molar-refractivity contribution is -0.138. The number of aromatic nitrogens is 2. The van der Waals surface area contributed by atoms with E-state index < -0.39 is 23.4 Å². The van der Waals surface area contributed by atoms with E-state index in [-0.39, 0.29) is 29.2 Å². The largest absolute Gasteiger partial charge is 0.458 e. The Kier molecular flexibility index (Phi) is 6.12. The van der Waals surface area contributed by atoms with Crippen LogP contribution in [0.25, 0.3) is 17.1 Å². The number of esters is 1. The third kappa shape index (κ3) is 4.87. The van der Waals surface area contributed by atoms with Gasteiger partial charge >= 0.3 is 5.97 Å². The lowest BCUT2D eigenvalue weighted by Crippen LogP contribution is -2.13. The number of fused-ring (bicyclic) bond motifs is 1. The summed E-state index contributed by atoms with van der Waals surface area (Å²) in [6.45, 7) is 0.0811. The third-order valence-electron chi connectivity index (χ3n) is 4.71. The average Bonchev–Trinajstić information content (AvgIpc) is 3.27. The number of H-pyrrole nitrogens is 1. The van der Waals surface area contributed by atoms with E-state index in [0.717, 1.165) is 17.7 Å². The smallest absolute Gasteiger partial charge is 0.331 e. The second-order valence-corrected chi connectivity index (χ2v) is 6.98. The van der Waals surface area contributed by atoms with Crippen molar-refractivity contribution in [2.75, 3.05) is 0 Å². The van der Waals surface area contributed by atoms with Gasteiger partial charge in [0.25, 0.3) is 0 Å². The zero-order chi connectivity index (χ0) is 23.4. The normalized spacial score (nSPS) is 11.1. The highest BCUT2D eigenvalue weighted by Crippen LogP contribution is 2.34. The van der Waals surface area contributed by atoms with Crippen LogP contribution in [0.15, 0.2) is 67.0 Å². The number of nitrogens with one attached hydrogen (secondary N) is 2. The summed E-state index contributed by atoms with van der Waals surface area (Å²) in [5, 5.41) is 7.47. The zero-order valence-electron chi connectivity index (χ0n) is 17.1. The van der Waals surface area contributed by atoms with Crippen molar-refractivity contribution >= 4 is 28.9 Å². The van der Waals surface area contributed by atoms with Crippen LogP contribution in [0.4, 0.5) is 8.78 Å². The second-order valence-electron chi connectivity index (χ2n) is 6.98. The van der Waals surface area contributed by atoms with E-state index in [0.29, 0.717) is 11.0 Å². The lowest BCUT2D eigenvalue weighted by Gasteiger charge is -2.12. The molecule has 166 valence electrons. The summed E-state index contributed by atoms with van der Waals surface area (Å²) in [6, 6.07) is 13.9. The van der Waals surface area contributed by atoms with Gasteiger partial charge in [-0.05, 0) is 29.8 Å². The highest BCUT2D eigenvalue weighted by Gasteiger charge is 2.18. The van der Waals surface area contributed by atoms with Crippen LogP contribution in [-0.4, -0.2) is 21.8 Å². The van der Waals surface area contributed by atoms with Gasteiger partial charge in [-0.1, -0.05) is 30.3 Å². The first-order valence-corrected chi connectivity index (χ1v) is 9.78. The van der Waals surface area contributed by atoms with E-state index in [1.54, 1.807) is 0 Å². The molecule has 0 unspecified atom stereocenters. The molecule has 4 rings (SSSR count). The van der Waals surface area contributed by atoms with Crippen LogP contribution in [0, 0.1) is 17.0 Å². The Morgan fingerprint density at radius 1 is 1.12 bits per heavy atom. The van der Waals surface area contributed by atoms with E-state index in [9.17, 15) is 13.6 Å². The molecule has 0 aliphatic carbocycles. The van der Waals surface area contributed by atoms with Crippen LogP contribution < -0.4 is 10.5 Å². The van der Waals surface area contributed by atoms with E-state index >= 15 is 0 Å². The first kappa shape index (κ1) is 21.7. The molecule has 33 heavy (non-hydrogen) atoms. The molecule has 0 amide bonds. The quantitative estimate of drug-likeness (QED) is 0.164. The van der Waals surface area contributed by atoms with Gasteiger partial charge in [0.15, 0.2) is 11.6 Å². The van der Waals surface area contributed by atoms with Gasteiger partial charge in [0, 0.05) is 17.7 Å². The van der Waals surface area contributed by atoms with Gasteiger partial charge in [-0.15, -0.1) is 0 Å². The van der Waals surface area contributed by atoms with E-state index in [1.165, 1.54) is 30.6 Å². The summed E-state index contributed by atoms with van der Waals surface area (Å²) in [6.07, 6.45) is 3.86. The third-order valence-corrected chi connectivity index (χ3v) is 4.71. The Morgan fingerprint density at radius 3 is 2.67 bits per heavy atom. The monoisotopic (exact) mass is 448 g/mol. The van der Waals surface area contributed by atoms with Gasteiger partial charge in [0.1, 0.15) is 24.0 Å². The lowest BCUT2D eigenvalue weighted by atomic mass is 10.1. The number of nitrogen functional groups attached to an aromatic ring is 1. The molecular formula is C24H18F2N4O3. The van der Waals surface area contributed by atoms with Crippen LogP contribution in [0.1, 0.15) is 16.7 Å². The van der Waals surface area contributed by atoms with E-state index in [4.69, 9.17) is 20.6 Å². The number of hydrogen-bond acceptors (Lipinski definition) is 5. The van der Waals surface area contributed by atoms with Crippen molar-refractivity contribution in [3.05, 3.63) is 95.3 Å². The molecule has 0 radical (unpaired) electrons. The summed E-state index contributed by atoms with van der Waals surface area (Å²) in [7, 11) is 0. The Hall–Kier alpha value is -4.53. The van der Waals surface area contributed by atoms with Gasteiger partial charge in [-0.2, -0.15) is 0 Å². The minimum Gasteiger partial charge on any atom is -0.458 e. The maximum absolute atomic E-state index is 14.9. The fourth-order valence-corrected chi connectivity index (χ4v) is 3.14. The Morgan fingerprint density at radius 2 is 1.91 bits per heavy atom. The molecule has 4 N–H and O–H groups in total. The molecule has 1 heterocycles.